The number of nitrogens with zero attached hydrogens (tertiary/aromatic N) is 3. The molecule has 0 fully saturated rings. The maximum Gasteiger partial charge on any atom is 0.274 e. The molecule has 0 radical (unpaired) electrons. The number of para-hydroxylation sites is 4. The van der Waals surface area contributed by atoms with Gasteiger partial charge >= 0.3 is 0 Å². The predicted molar refractivity (Wildman–Crippen MR) is 122 cm³/mol. The van der Waals surface area contributed by atoms with E-state index in [-0.39, 0.29) is 5.56 Å². The molecule has 6 aromatic rings. The Bertz CT molecular complexity index is 1630. The van der Waals surface area contributed by atoms with Crippen LogP contribution in [0.2, 0.25) is 0 Å². The number of hydrogen-bond acceptors (Lipinski definition) is 5. The first-order chi connectivity index (χ1) is 15.2. The van der Waals surface area contributed by atoms with Gasteiger partial charge in [0.1, 0.15) is 18.2 Å². The van der Waals surface area contributed by atoms with Gasteiger partial charge in [-0.15, -0.1) is 0 Å². The molecular formula is C24H16N4O2S. The van der Waals surface area contributed by atoms with Crippen molar-refractivity contribution in [2.75, 3.05) is 0 Å². The van der Waals surface area contributed by atoms with Gasteiger partial charge in [-0.05, 0) is 48.0 Å². The Balaban J connectivity index is 1.25. The van der Waals surface area contributed by atoms with Gasteiger partial charge in [-0.3, -0.25) is 4.79 Å². The minimum absolute atomic E-state index is 0.0427. The average Bonchev–Trinajstić information content (AvgIpc) is 3.46. The second-order valence-electron chi connectivity index (χ2n) is 7.19. The van der Waals surface area contributed by atoms with Crippen molar-refractivity contribution in [2.45, 2.75) is 6.61 Å². The zero-order valence-electron chi connectivity index (χ0n) is 16.3. The summed E-state index contributed by atoms with van der Waals surface area (Å²) in [6, 6.07) is 23.2. The van der Waals surface area contributed by atoms with E-state index in [9.17, 15) is 4.79 Å². The zero-order chi connectivity index (χ0) is 20.8. The Hall–Kier alpha value is -3.97. The second-order valence-corrected chi connectivity index (χ2v) is 8.20. The summed E-state index contributed by atoms with van der Waals surface area (Å²) in [6.45, 7) is 0.359. The third-order valence-corrected chi connectivity index (χ3v) is 6.11. The Morgan fingerprint density at radius 1 is 0.935 bits per heavy atom. The van der Waals surface area contributed by atoms with Crippen molar-refractivity contribution < 1.29 is 4.74 Å². The molecule has 31 heavy (non-hydrogen) atoms. The molecule has 0 spiro atoms. The molecule has 150 valence electrons. The van der Waals surface area contributed by atoms with Crippen LogP contribution in [0.25, 0.3) is 33.1 Å². The fourth-order valence-corrected chi connectivity index (χ4v) is 4.64. The average molecular weight is 424 g/mol. The highest BCUT2D eigenvalue weighted by molar-refractivity contribution is 7.15. The molecule has 0 aliphatic heterocycles. The molecule has 1 N–H and O–H groups in total. The summed E-state index contributed by atoms with van der Waals surface area (Å²) in [7, 11) is 0. The highest BCUT2D eigenvalue weighted by atomic mass is 32.1. The summed E-state index contributed by atoms with van der Waals surface area (Å²) in [5.74, 6) is 1.52. The SMILES string of the molecule is O=c1/c(=C\c2ccc(OCc3nc4ccccc4[nH]3)cc2)sc2nc3ccccc3n12. The van der Waals surface area contributed by atoms with Gasteiger partial charge < -0.3 is 9.72 Å². The van der Waals surface area contributed by atoms with Crippen LogP contribution in [0.1, 0.15) is 11.4 Å². The van der Waals surface area contributed by atoms with Gasteiger partial charge in [-0.1, -0.05) is 47.7 Å². The summed E-state index contributed by atoms with van der Waals surface area (Å²) >= 11 is 1.40. The molecule has 3 aromatic heterocycles. The first-order valence-corrected chi connectivity index (χ1v) is 10.6. The molecule has 0 amide bonds. The molecule has 3 heterocycles. The number of H-pyrrole nitrogens is 1. The maximum absolute atomic E-state index is 12.9. The van der Waals surface area contributed by atoms with Crippen molar-refractivity contribution in [2.24, 2.45) is 0 Å². The lowest BCUT2D eigenvalue weighted by Crippen LogP contribution is -2.22. The molecule has 0 aliphatic carbocycles. The van der Waals surface area contributed by atoms with E-state index in [0.717, 1.165) is 39.2 Å². The van der Waals surface area contributed by atoms with E-state index >= 15 is 0 Å². The van der Waals surface area contributed by atoms with Crippen molar-refractivity contribution in [3.63, 3.8) is 0 Å². The van der Waals surface area contributed by atoms with Crippen LogP contribution in [0.15, 0.2) is 77.6 Å². The van der Waals surface area contributed by atoms with E-state index in [1.165, 1.54) is 11.3 Å². The number of aromatic nitrogens is 4. The molecule has 6 rings (SSSR count). The van der Waals surface area contributed by atoms with E-state index in [0.29, 0.717) is 16.1 Å². The van der Waals surface area contributed by atoms with Crippen LogP contribution in [0.5, 0.6) is 5.75 Å². The predicted octanol–water partition coefficient (Wildman–Crippen LogP) is 3.91. The van der Waals surface area contributed by atoms with Crippen molar-refractivity contribution in [3.8, 4) is 5.75 Å². The molecule has 0 aliphatic rings. The Morgan fingerprint density at radius 3 is 2.55 bits per heavy atom. The Kier molecular flexibility index (Phi) is 4.07. The lowest BCUT2D eigenvalue weighted by Gasteiger charge is -2.04. The summed E-state index contributed by atoms with van der Waals surface area (Å²) < 4.78 is 8.19. The first-order valence-electron chi connectivity index (χ1n) is 9.83. The highest BCUT2D eigenvalue weighted by Crippen LogP contribution is 2.17. The summed E-state index contributed by atoms with van der Waals surface area (Å²) in [5, 5.41) is 0. The van der Waals surface area contributed by atoms with Gasteiger partial charge in [-0.25, -0.2) is 14.4 Å². The van der Waals surface area contributed by atoms with E-state index in [4.69, 9.17) is 4.74 Å². The Labute approximate surface area is 180 Å². The van der Waals surface area contributed by atoms with E-state index < -0.39 is 0 Å². The first kappa shape index (κ1) is 17.9. The van der Waals surface area contributed by atoms with Crippen molar-refractivity contribution in [1.29, 1.82) is 0 Å². The lowest BCUT2D eigenvalue weighted by atomic mass is 10.2. The topological polar surface area (TPSA) is 72.3 Å². The minimum Gasteiger partial charge on any atom is -0.486 e. The quantitative estimate of drug-likeness (QED) is 0.466. The number of thiazole rings is 1. The van der Waals surface area contributed by atoms with E-state index in [1.807, 2.05) is 78.9 Å². The van der Waals surface area contributed by atoms with Crippen LogP contribution in [-0.4, -0.2) is 19.4 Å². The molecule has 0 saturated heterocycles. The van der Waals surface area contributed by atoms with Crippen LogP contribution < -0.4 is 14.8 Å². The number of fused-ring (bicyclic) bond motifs is 4. The normalized spacial score (nSPS) is 12.3. The zero-order valence-corrected chi connectivity index (χ0v) is 17.1. The number of hydrogen-bond donors (Lipinski definition) is 1. The number of benzene rings is 3. The van der Waals surface area contributed by atoms with Gasteiger partial charge in [0.15, 0.2) is 4.96 Å². The summed E-state index contributed by atoms with van der Waals surface area (Å²) in [5.41, 5.74) is 4.49. The molecule has 6 nitrogen and oxygen atoms in total. The third kappa shape index (κ3) is 3.15. The number of imidazole rings is 2. The monoisotopic (exact) mass is 424 g/mol. The second kappa shape index (κ2) is 7.07. The van der Waals surface area contributed by atoms with Crippen LogP contribution in [0, 0.1) is 0 Å². The largest absolute Gasteiger partial charge is 0.486 e. The Morgan fingerprint density at radius 2 is 1.71 bits per heavy atom. The fraction of sp³-hybridized carbons (Fsp3) is 0.0417. The van der Waals surface area contributed by atoms with Gasteiger partial charge in [-0.2, -0.15) is 0 Å². The molecule has 0 unspecified atom stereocenters. The van der Waals surface area contributed by atoms with Crippen LogP contribution in [-0.2, 0) is 6.61 Å². The fourth-order valence-electron chi connectivity index (χ4n) is 3.65. The van der Waals surface area contributed by atoms with Crippen LogP contribution >= 0.6 is 11.3 Å². The van der Waals surface area contributed by atoms with Gasteiger partial charge in [0.2, 0.25) is 0 Å². The molecule has 7 heteroatoms. The third-order valence-electron chi connectivity index (χ3n) is 5.14. The number of nitrogens with one attached hydrogen (secondary N) is 1. The standard InChI is InChI=1S/C24H16N4O2S/c29-23-21(31-24-27-19-7-3-4-8-20(19)28(23)24)13-15-9-11-16(12-10-15)30-14-22-25-17-5-1-2-6-18(17)26-22/h1-13H,14H2,(H,25,26)/b21-13+. The van der Waals surface area contributed by atoms with E-state index in [2.05, 4.69) is 15.0 Å². The van der Waals surface area contributed by atoms with Crippen LogP contribution in [0.3, 0.4) is 0 Å². The molecular weight excluding hydrogens is 408 g/mol. The van der Waals surface area contributed by atoms with Crippen molar-refractivity contribution in [3.05, 3.63) is 99.1 Å². The number of aromatic amines is 1. The highest BCUT2D eigenvalue weighted by Gasteiger charge is 2.10. The van der Waals surface area contributed by atoms with Gasteiger partial charge in [0, 0.05) is 0 Å². The maximum atomic E-state index is 12.9. The molecule has 0 atom stereocenters. The van der Waals surface area contributed by atoms with E-state index in [1.54, 1.807) is 4.40 Å². The minimum atomic E-state index is -0.0427. The van der Waals surface area contributed by atoms with Crippen molar-refractivity contribution >= 4 is 44.4 Å². The van der Waals surface area contributed by atoms with Gasteiger partial charge in [0.25, 0.3) is 5.56 Å². The lowest BCUT2D eigenvalue weighted by molar-refractivity contribution is 0.297. The summed E-state index contributed by atoms with van der Waals surface area (Å²) in [4.78, 5) is 25.9. The van der Waals surface area contributed by atoms with Crippen LogP contribution in [0.4, 0.5) is 0 Å². The summed E-state index contributed by atoms with van der Waals surface area (Å²) in [6.07, 6.45) is 1.89. The molecule has 0 bridgehead atoms. The van der Waals surface area contributed by atoms with Crippen molar-refractivity contribution in [1.82, 2.24) is 19.4 Å². The number of ether oxygens (including phenoxy) is 1. The molecule has 0 saturated carbocycles. The smallest absolute Gasteiger partial charge is 0.274 e. The number of rotatable bonds is 4. The van der Waals surface area contributed by atoms with Gasteiger partial charge in [0.05, 0.1) is 26.6 Å². The molecule has 3 aromatic carbocycles.